The molecule has 2 aromatic carbocycles. The van der Waals surface area contributed by atoms with Crippen molar-refractivity contribution in [3.05, 3.63) is 71.3 Å². The molecule has 0 aromatic heterocycles. The van der Waals surface area contributed by atoms with E-state index in [4.69, 9.17) is 5.11 Å². The average Bonchev–Trinajstić information content (AvgIpc) is 2.53. The monoisotopic (exact) mass is 307 g/mol. The number of carbonyl (C=O) groups excluding carboxylic acids is 1. The second kappa shape index (κ2) is 7.81. The van der Waals surface area contributed by atoms with Crippen LogP contribution < -0.4 is 5.32 Å². The van der Waals surface area contributed by atoms with Crippen LogP contribution in [0.4, 0.5) is 0 Å². The molecule has 2 N–H and O–H groups in total. The Morgan fingerprint density at radius 2 is 1.57 bits per heavy atom. The topological polar surface area (TPSA) is 66.4 Å². The number of amides is 1. The second-order valence-electron chi connectivity index (χ2n) is 5.17. The van der Waals surface area contributed by atoms with Crippen LogP contribution in [-0.4, -0.2) is 23.0 Å². The van der Waals surface area contributed by atoms with Crippen molar-refractivity contribution in [3.63, 3.8) is 0 Å². The number of hydrogen-bond donors (Lipinski definition) is 2. The molecular weight excluding hydrogens is 290 g/mol. The van der Waals surface area contributed by atoms with Crippen molar-refractivity contribution in [3.8, 4) is 11.8 Å². The fraction of sp³-hybridized carbons (Fsp3) is 0.158. The number of nitrogens with one attached hydrogen (secondary N) is 1. The van der Waals surface area contributed by atoms with Crippen molar-refractivity contribution in [2.75, 3.05) is 0 Å². The summed E-state index contributed by atoms with van der Waals surface area (Å²) in [5.74, 6) is 4.85. The van der Waals surface area contributed by atoms with E-state index in [1.807, 2.05) is 30.3 Å². The van der Waals surface area contributed by atoms with Gasteiger partial charge >= 0.3 is 5.97 Å². The van der Waals surface area contributed by atoms with Gasteiger partial charge < -0.3 is 10.4 Å². The van der Waals surface area contributed by atoms with Crippen LogP contribution in [0.2, 0.25) is 0 Å². The highest BCUT2D eigenvalue weighted by Crippen LogP contribution is 2.05. The van der Waals surface area contributed by atoms with E-state index in [-0.39, 0.29) is 12.3 Å². The molecule has 0 aliphatic heterocycles. The molecule has 1 atom stereocenters. The highest BCUT2D eigenvalue weighted by atomic mass is 16.4. The van der Waals surface area contributed by atoms with Crippen molar-refractivity contribution < 1.29 is 14.7 Å². The molecule has 23 heavy (non-hydrogen) atoms. The van der Waals surface area contributed by atoms with Crippen LogP contribution in [0.3, 0.4) is 0 Å². The minimum absolute atomic E-state index is 0.105. The van der Waals surface area contributed by atoms with Crippen molar-refractivity contribution in [1.82, 2.24) is 5.32 Å². The van der Waals surface area contributed by atoms with Crippen LogP contribution in [0.15, 0.2) is 54.6 Å². The molecule has 0 radical (unpaired) electrons. The third kappa shape index (κ3) is 5.33. The molecule has 4 nitrogen and oxygen atoms in total. The van der Waals surface area contributed by atoms with Crippen LogP contribution in [0, 0.1) is 11.8 Å². The van der Waals surface area contributed by atoms with Crippen molar-refractivity contribution in [1.29, 1.82) is 0 Å². The normalized spacial score (nSPS) is 11.0. The Bertz CT molecular complexity index is 740. The Morgan fingerprint density at radius 3 is 2.13 bits per heavy atom. The first-order valence-electron chi connectivity index (χ1n) is 7.24. The van der Waals surface area contributed by atoms with Crippen LogP contribution in [0.1, 0.15) is 34.8 Å². The lowest BCUT2D eigenvalue weighted by atomic mass is 10.1. The molecule has 0 aliphatic carbocycles. The standard InChI is InChI=1S/C19H17NO3/c1-14(13-18(21)22)20-19(23)17-11-9-16(10-12-17)8-7-15-5-3-2-4-6-15/h2-6,9-12,14H,13H2,1H3,(H,20,23)(H,21,22). The Balaban J connectivity index is 2.01. The van der Waals surface area contributed by atoms with Crippen LogP contribution >= 0.6 is 0 Å². The zero-order valence-electron chi connectivity index (χ0n) is 12.7. The molecule has 0 bridgehead atoms. The van der Waals surface area contributed by atoms with E-state index < -0.39 is 12.0 Å². The molecule has 0 aliphatic rings. The van der Waals surface area contributed by atoms with E-state index in [1.165, 1.54) is 0 Å². The summed E-state index contributed by atoms with van der Waals surface area (Å²) in [6, 6.07) is 16.1. The van der Waals surface area contributed by atoms with Gasteiger partial charge in [-0.1, -0.05) is 30.0 Å². The summed E-state index contributed by atoms with van der Waals surface area (Å²) in [5, 5.41) is 11.3. The molecule has 2 rings (SSSR count). The van der Waals surface area contributed by atoms with E-state index in [0.29, 0.717) is 5.56 Å². The van der Waals surface area contributed by atoms with E-state index in [0.717, 1.165) is 11.1 Å². The molecule has 2 aromatic rings. The van der Waals surface area contributed by atoms with Crippen LogP contribution in [-0.2, 0) is 4.79 Å². The summed E-state index contributed by atoms with van der Waals surface area (Å²) in [6.07, 6.45) is -0.105. The minimum Gasteiger partial charge on any atom is -0.481 e. The van der Waals surface area contributed by atoms with Gasteiger partial charge in [-0.15, -0.1) is 0 Å². The van der Waals surface area contributed by atoms with Crippen molar-refractivity contribution in [2.45, 2.75) is 19.4 Å². The van der Waals surface area contributed by atoms with Crippen molar-refractivity contribution in [2.24, 2.45) is 0 Å². The fourth-order valence-electron chi connectivity index (χ4n) is 1.99. The van der Waals surface area contributed by atoms with Gasteiger partial charge in [-0.3, -0.25) is 9.59 Å². The van der Waals surface area contributed by atoms with Gasteiger partial charge in [0.2, 0.25) is 0 Å². The third-order valence-electron chi connectivity index (χ3n) is 3.13. The molecular formula is C19H17NO3. The van der Waals surface area contributed by atoms with Gasteiger partial charge in [-0.05, 0) is 43.3 Å². The smallest absolute Gasteiger partial charge is 0.305 e. The lowest BCUT2D eigenvalue weighted by Gasteiger charge is -2.11. The molecule has 4 heteroatoms. The number of benzene rings is 2. The molecule has 0 saturated carbocycles. The number of hydrogen-bond acceptors (Lipinski definition) is 2. The third-order valence-corrected chi connectivity index (χ3v) is 3.13. The van der Waals surface area contributed by atoms with E-state index >= 15 is 0 Å². The lowest BCUT2D eigenvalue weighted by molar-refractivity contribution is -0.137. The molecule has 0 heterocycles. The number of rotatable bonds is 4. The molecule has 116 valence electrons. The fourth-order valence-corrected chi connectivity index (χ4v) is 1.99. The van der Waals surface area contributed by atoms with Gasteiger partial charge in [0, 0.05) is 22.7 Å². The number of carbonyl (C=O) groups is 2. The summed E-state index contributed by atoms with van der Waals surface area (Å²) in [6.45, 7) is 1.66. The van der Waals surface area contributed by atoms with Gasteiger partial charge in [0.05, 0.1) is 6.42 Å². The summed E-state index contributed by atoms with van der Waals surface area (Å²) in [7, 11) is 0. The maximum absolute atomic E-state index is 12.0. The largest absolute Gasteiger partial charge is 0.481 e. The van der Waals surface area contributed by atoms with Gasteiger partial charge in [0.15, 0.2) is 0 Å². The Labute approximate surface area is 135 Å². The summed E-state index contributed by atoms with van der Waals surface area (Å²) in [4.78, 5) is 22.6. The first-order chi connectivity index (χ1) is 11.0. The van der Waals surface area contributed by atoms with E-state index in [1.54, 1.807) is 31.2 Å². The molecule has 0 spiro atoms. The highest BCUT2D eigenvalue weighted by molar-refractivity contribution is 5.94. The first-order valence-corrected chi connectivity index (χ1v) is 7.24. The Morgan fingerprint density at radius 1 is 1.00 bits per heavy atom. The van der Waals surface area contributed by atoms with Gasteiger partial charge in [-0.25, -0.2) is 0 Å². The van der Waals surface area contributed by atoms with Crippen LogP contribution in [0.5, 0.6) is 0 Å². The summed E-state index contributed by atoms with van der Waals surface area (Å²) in [5.41, 5.74) is 2.22. The SMILES string of the molecule is CC(CC(=O)O)NC(=O)c1ccc(C#Cc2ccccc2)cc1. The van der Waals surface area contributed by atoms with Crippen LogP contribution in [0.25, 0.3) is 0 Å². The maximum atomic E-state index is 12.0. The van der Waals surface area contributed by atoms with Gasteiger partial charge in [-0.2, -0.15) is 0 Å². The average molecular weight is 307 g/mol. The predicted octanol–water partition coefficient (Wildman–Crippen LogP) is 2.68. The van der Waals surface area contributed by atoms with Gasteiger partial charge in [0.1, 0.15) is 0 Å². The number of carboxylic acids is 1. The minimum atomic E-state index is -0.940. The molecule has 0 fully saturated rings. The summed E-state index contributed by atoms with van der Waals surface area (Å²) < 4.78 is 0. The van der Waals surface area contributed by atoms with E-state index in [2.05, 4.69) is 17.2 Å². The predicted molar refractivity (Wildman–Crippen MR) is 88.0 cm³/mol. The zero-order chi connectivity index (χ0) is 16.7. The highest BCUT2D eigenvalue weighted by Gasteiger charge is 2.12. The van der Waals surface area contributed by atoms with E-state index in [9.17, 15) is 9.59 Å². The zero-order valence-corrected chi connectivity index (χ0v) is 12.7. The maximum Gasteiger partial charge on any atom is 0.305 e. The Hall–Kier alpha value is -3.06. The van der Waals surface area contributed by atoms with Crippen molar-refractivity contribution >= 4 is 11.9 Å². The second-order valence-corrected chi connectivity index (χ2v) is 5.17. The van der Waals surface area contributed by atoms with Gasteiger partial charge in [0.25, 0.3) is 5.91 Å². The summed E-state index contributed by atoms with van der Waals surface area (Å²) >= 11 is 0. The molecule has 1 unspecified atom stereocenters. The first kappa shape index (κ1) is 16.3. The quantitative estimate of drug-likeness (QED) is 0.854. The Kier molecular flexibility index (Phi) is 5.54. The molecule has 0 saturated heterocycles. The number of aliphatic carboxylic acids is 1. The lowest BCUT2D eigenvalue weighted by Crippen LogP contribution is -2.34. The molecule has 1 amide bonds. The number of carboxylic acid groups (broad SMARTS) is 1.